The SMILES string of the molecule is CSC1(S)CC[C@@H](C)[C@H]1C. The van der Waals surface area contributed by atoms with E-state index in [0.717, 1.165) is 11.8 Å². The fourth-order valence-corrected chi connectivity index (χ4v) is 2.95. The summed E-state index contributed by atoms with van der Waals surface area (Å²) in [6, 6.07) is 0. The summed E-state index contributed by atoms with van der Waals surface area (Å²) in [5, 5.41) is 0. The van der Waals surface area contributed by atoms with E-state index >= 15 is 0 Å². The highest BCUT2D eigenvalue weighted by molar-refractivity contribution is 8.11. The maximum Gasteiger partial charge on any atom is 0.0606 e. The van der Waals surface area contributed by atoms with Gasteiger partial charge in [-0.3, -0.25) is 0 Å². The van der Waals surface area contributed by atoms with Crippen LogP contribution in [0.5, 0.6) is 0 Å². The van der Waals surface area contributed by atoms with Crippen molar-refractivity contribution in [1.29, 1.82) is 0 Å². The number of thioether (sulfide) groups is 1. The second kappa shape index (κ2) is 2.98. The Hall–Kier alpha value is 0.700. The minimum absolute atomic E-state index is 0.277. The molecule has 10 heavy (non-hydrogen) atoms. The standard InChI is InChI=1S/C8H16S2/c1-6-4-5-8(9,10-3)7(6)2/h6-7,9H,4-5H2,1-3H3/t6-,7-,8?/m1/s1. The lowest BCUT2D eigenvalue weighted by molar-refractivity contribution is 0.452. The maximum absolute atomic E-state index is 4.70. The summed E-state index contributed by atoms with van der Waals surface area (Å²) < 4.78 is 0.277. The largest absolute Gasteiger partial charge is 0.161 e. The summed E-state index contributed by atoms with van der Waals surface area (Å²) in [4.78, 5) is 0. The van der Waals surface area contributed by atoms with Crippen LogP contribution < -0.4 is 0 Å². The fraction of sp³-hybridized carbons (Fsp3) is 1.00. The highest BCUT2D eigenvalue weighted by atomic mass is 32.2. The van der Waals surface area contributed by atoms with Gasteiger partial charge in [0, 0.05) is 0 Å². The van der Waals surface area contributed by atoms with Crippen LogP contribution >= 0.6 is 24.4 Å². The summed E-state index contributed by atoms with van der Waals surface area (Å²) >= 11 is 6.61. The summed E-state index contributed by atoms with van der Waals surface area (Å²) in [6.07, 6.45) is 4.80. The van der Waals surface area contributed by atoms with Gasteiger partial charge in [0.15, 0.2) is 0 Å². The molecule has 0 radical (unpaired) electrons. The van der Waals surface area contributed by atoms with Gasteiger partial charge in [-0.1, -0.05) is 13.8 Å². The van der Waals surface area contributed by atoms with Gasteiger partial charge in [0.25, 0.3) is 0 Å². The third kappa shape index (κ3) is 1.33. The number of thiol groups is 1. The van der Waals surface area contributed by atoms with Gasteiger partial charge in [-0.05, 0) is 30.9 Å². The molecule has 1 aliphatic rings. The van der Waals surface area contributed by atoms with Gasteiger partial charge >= 0.3 is 0 Å². The van der Waals surface area contributed by atoms with Gasteiger partial charge < -0.3 is 0 Å². The van der Waals surface area contributed by atoms with Crippen LogP contribution in [0.25, 0.3) is 0 Å². The van der Waals surface area contributed by atoms with Gasteiger partial charge in [0.2, 0.25) is 0 Å². The van der Waals surface area contributed by atoms with E-state index in [-0.39, 0.29) is 4.08 Å². The van der Waals surface area contributed by atoms with Crippen LogP contribution in [0.3, 0.4) is 0 Å². The minimum Gasteiger partial charge on any atom is -0.161 e. The minimum atomic E-state index is 0.277. The molecule has 1 saturated carbocycles. The molecule has 60 valence electrons. The first-order chi connectivity index (χ1) is 4.60. The van der Waals surface area contributed by atoms with E-state index in [2.05, 4.69) is 20.1 Å². The Kier molecular flexibility index (Phi) is 2.62. The van der Waals surface area contributed by atoms with Crippen molar-refractivity contribution in [3.05, 3.63) is 0 Å². The normalized spacial score (nSPS) is 48.0. The first-order valence-corrected chi connectivity index (χ1v) is 5.55. The summed E-state index contributed by atoms with van der Waals surface area (Å²) in [5.74, 6) is 1.63. The Balaban J connectivity index is 2.64. The zero-order valence-electron chi connectivity index (χ0n) is 6.92. The molecule has 1 rings (SSSR count). The van der Waals surface area contributed by atoms with Crippen molar-refractivity contribution in [1.82, 2.24) is 0 Å². The predicted molar refractivity (Wildman–Crippen MR) is 52.8 cm³/mol. The van der Waals surface area contributed by atoms with Crippen LogP contribution in [-0.4, -0.2) is 10.3 Å². The molecule has 2 heteroatoms. The first-order valence-electron chi connectivity index (χ1n) is 3.87. The van der Waals surface area contributed by atoms with E-state index in [9.17, 15) is 0 Å². The van der Waals surface area contributed by atoms with Gasteiger partial charge in [-0.15, -0.1) is 11.8 Å². The maximum atomic E-state index is 4.70. The van der Waals surface area contributed by atoms with Gasteiger partial charge in [-0.25, -0.2) is 0 Å². The lowest BCUT2D eigenvalue weighted by Gasteiger charge is -2.27. The van der Waals surface area contributed by atoms with Gasteiger partial charge in [0.05, 0.1) is 4.08 Å². The average Bonchev–Trinajstić information content (AvgIpc) is 2.19. The van der Waals surface area contributed by atoms with Crippen molar-refractivity contribution < 1.29 is 0 Å². The predicted octanol–water partition coefficient (Wildman–Crippen LogP) is 3.04. The molecule has 0 bridgehead atoms. The molecule has 0 heterocycles. The Bertz CT molecular complexity index is 124. The Morgan fingerprint density at radius 1 is 1.50 bits per heavy atom. The molecule has 0 aromatic rings. The average molecular weight is 176 g/mol. The highest BCUT2D eigenvalue weighted by Gasteiger charge is 2.40. The van der Waals surface area contributed by atoms with E-state index in [1.165, 1.54) is 12.8 Å². The van der Waals surface area contributed by atoms with Crippen LogP contribution in [-0.2, 0) is 0 Å². The molecule has 0 amide bonds. The monoisotopic (exact) mass is 176 g/mol. The molecule has 0 aromatic carbocycles. The highest BCUT2D eigenvalue weighted by Crippen LogP contribution is 2.50. The molecule has 0 aliphatic heterocycles. The fourth-order valence-electron chi connectivity index (χ4n) is 1.64. The number of hydrogen-bond donors (Lipinski definition) is 1. The molecule has 0 aromatic heterocycles. The van der Waals surface area contributed by atoms with Crippen LogP contribution in [0.4, 0.5) is 0 Å². The van der Waals surface area contributed by atoms with Gasteiger partial charge in [-0.2, -0.15) is 12.6 Å². The molecule has 3 atom stereocenters. The van der Waals surface area contributed by atoms with E-state index in [4.69, 9.17) is 12.6 Å². The quantitative estimate of drug-likeness (QED) is 0.473. The number of rotatable bonds is 1. The second-order valence-electron chi connectivity index (χ2n) is 3.35. The molecule has 0 spiro atoms. The molecule has 0 saturated heterocycles. The van der Waals surface area contributed by atoms with E-state index in [0.29, 0.717) is 0 Å². The Morgan fingerprint density at radius 2 is 2.10 bits per heavy atom. The molecule has 0 nitrogen and oxygen atoms in total. The Morgan fingerprint density at radius 3 is 2.30 bits per heavy atom. The summed E-state index contributed by atoms with van der Waals surface area (Å²) in [6.45, 7) is 4.65. The molecule has 0 N–H and O–H groups in total. The molecule has 1 fully saturated rings. The smallest absolute Gasteiger partial charge is 0.0606 e. The van der Waals surface area contributed by atoms with Crippen molar-refractivity contribution in [3.8, 4) is 0 Å². The lowest BCUT2D eigenvalue weighted by atomic mass is 10.0. The Labute approximate surface area is 73.6 Å². The van der Waals surface area contributed by atoms with Crippen LogP contribution in [0.15, 0.2) is 0 Å². The van der Waals surface area contributed by atoms with E-state index < -0.39 is 0 Å². The molecular formula is C8H16S2. The summed E-state index contributed by atoms with van der Waals surface area (Å²) in [5.41, 5.74) is 0. The van der Waals surface area contributed by atoms with Crippen molar-refractivity contribution in [3.63, 3.8) is 0 Å². The van der Waals surface area contributed by atoms with Crippen LogP contribution in [0.2, 0.25) is 0 Å². The number of hydrogen-bond acceptors (Lipinski definition) is 2. The lowest BCUT2D eigenvalue weighted by Crippen LogP contribution is -2.21. The van der Waals surface area contributed by atoms with Crippen LogP contribution in [0, 0.1) is 11.8 Å². The van der Waals surface area contributed by atoms with Crippen LogP contribution in [0.1, 0.15) is 26.7 Å². The van der Waals surface area contributed by atoms with E-state index in [1.54, 1.807) is 0 Å². The second-order valence-corrected chi connectivity index (χ2v) is 5.59. The molecule has 1 unspecified atom stereocenters. The topological polar surface area (TPSA) is 0 Å². The van der Waals surface area contributed by atoms with Crippen molar-refractivity contribution >= 4 is 24.4 Å². The molecular weight excluding hydrogens is 160 g/mol. The zero-order valence-corrected chi connectivity index (χ0v) is 8.64. The van der Waals surface area contributed by atoms with E-state index in [1.807, 2.05) is 11.8 Å². The third-order valence-corrected chi connectivity index (χ3v) is 5.34. The van der Waals surface area contributed by atoms with Gasteiger partial charge in [0.1, 0.15) is 0 Å². The zero-order chi connectivity index (χ0) is 7.78. The van der Waals surface area contributed by atoms with Crippen molar-refractivity contribution in [2.75, 3.05) is 6.26 Å². The summed E-state index contributed by atoms with van der Waals surface area (Å²) in [7, 11) is 0. The molecule has 1 aliphatic carbocycles. The van der Waals surface area contributed by atoms with Crippen molar-refractivity contribution in [2.24, 2.45) is 11.8 Å². The van der Waals surface area contributed by atoms with Crippen molar-refractivity contribution in [2.45, 2.75) is 30.8 Å². The first kappa shape index (κ1) is 8.79. The third-order valence-electron chi connectivity index (χ3n) is 2.88.